The summed E-state index contributed by atoms with van der Waals surface area (Å²) in [6.45, 7) is 0.0296. The Kier molecular flexibility index (Phi) is 5.67. The van der Waals surface area contributed by atoms with Crippen molar-refractivity contribution in [2.24, 2.45) is 0 Å². The minimum absolute atomic E-state index is 0.0693. The molecule has 0 fully saturated rings. The SMILES string of the molecule is O=C(NCCCNc1c(F)c(F)nc(F)c1F)c1cccc(F)c1. The molecule has 2 N–H and O–H groups in total. The average Bonchev–Trinajstić information content (AvgIpc) is 2.55. The zero-order valence-electron chi connectivity index (χ0n) is 12.2. The monoisotopic (exact) mass is 345 g/mol. The van der Waals surface area contributed by atoms with Crippen LogP contribution in [0.1, 0.15) is 16.8 Å². The summed E-state index contributed by atoms with van der Waals surface area (Å²) < 4.78 is 65.4. The van der Waals surface area contributed by atoms with Crippen molar-refractivity contribution in [3.63, 3.8) is 0 Å². The molecule has 0 atom stereocenters. The second-order valence-electron chi connectivity index (χ2n) is 4.74. The smallest absolute Gasteiger partial charge is 0.253 e. The van der Waals surface area contributed by atoms with Gasteiger partial charge >= 0.3 is 0 Å². The lowest BCUT2D eigenvalue weighted by Crippen LogP contribution is -2.26. The van der Waals surface area contributed by atoms with E-state index in [1.54, 1.807) is 0 Å². The van der Waals surface area contributed by atoms with Crippen LogP contribution in [0.2, 0.25) is 0 Å². The quantitative estimate of drug-likeness (QED) is 0.481. The Balaban J connectivity index is 1.83. The van der Waals surface area contributed by atoms with Crippen LogP contribution in [0.5, 0.6) is 0 Å². The van der Waals surface area contributed by atoms with Crippen LogP contribution in [0.3, 0.4) is 0 Å². The van der Waals surface area contributed by atoms with Crippen LogP contribution in [-0.4, -0.2) is 24.0 Å². The van der Waals surface area contributed by atoms with Crippen molar-refractivity contribution in [3.8, 4) is 0 Å². The van der Waals surface area contributed by atoms with Crippen LogP contribution < -0.4 is 10.6 Å². The number of nitrogens with one attached hydrogen (secondary N) is 2. The zero-order valence-corrected chi connectivity index (χ0v) is 12.2. The number of pyridine rings is 1. The highest BCUT2D eigenvalue weighted by Gasteiger charge is 2.20. The molecule has 9 heteroatoms. The molecule has 0 spiro atoms. The fourth-order valence-corrected chi connectivity index (χ4v) is 1.88. The third kappa shape index (κ3) is 4.18. The molecular formula is C15H12F5N3O. The van der Waals surface area contributed by atoms with E-state index >= 15 is 0 Å². The van der Waals surface area contributed by atoms with Gasteiger partial charge < -0.3 is 10.6 Å². The fraction of sp³-hybridized carbons (Fsp3) is 0.200. The molecule has 4 nitrogen and oxygen atoms in total. The molecule has 1 amide bonds. The Hall–Kier alpha value is -2.71. The summed E-state index contributed by atoms with van der Waals surface area (Å²) in [5.74, 6) is -7.84. The highest BCUT2D eigenvalue weighted by molar-refractivity contribution is 5.94. The molecule has 0 aliphatic heterocycles. The second-order valence-corrected chi connectivity index (χ2v) is 4.74. The highest BCUT2D eigenvalue weighted by Crippen LogP contribution is 2.21. The van der Waals surface area contributed by atoms with Gasteiger partial charge in [-0.25, -0.2) is 4.39 Å². The summed E-state index contributed by atoms with van der Waals surface area (Å²) in [5, 5.41) is 4.68. The molecule has 0 unspecified atom stereocenters. The van der Waals surface area contributed by atoms with Gasteiger partial charge in [-0.2, -0.15) is 22.5 Å². The lowest BCUT2D eigenvalue weighted by atomic mass is 10.2. The standard InChI is InChI=1S/C15H12F5N3O/c16-9-4-1-3-8(7-9)15(24)22-6-2-5-21-12-10(17)13(19)23-14(20)11(12)18/h1,3-4,7H,2,5-6H2,(H,21,23)(H,22,24). The van der Waals surface area contributed by atoms with E-state index in [0.29, 0.717) is 0 Å². The first kappa shape index (κ1) is 17.6. The number of carbonyl (C=O) groups excluding carboxylic acids is 1. The summed E-state index contributed by atoms with van der Waals surface area (Å²) in [6.07, 6.45) is 0.200. The Morgan fingerprint density at radius 3 is 2.29 bits per heavy atom. The van der Waals surface area contributed by atoms with Crippen LogP contribution in [0, 0.1) is 29.3 Å². The zero-order chi connectivity index (χ0) is 17.7. The summed E-state index contributed by atoms with van der Waals surface area (Å²) >= 11 is 0. The van der Waals surface area contributed by atoms with Gasteiger partial charge in [0.05, 0.1) is 0 Å². The van der Waals surface area contributed by atoms with Gasteiger partial charge in [0.15, 0.2) is 0 Å². The largest absolute Gasteiger partial charge is 0.380 e. The minimum atomic E-state index is -1.75. The van der Waals surface area contributed by atoms with Gasteiger partial charge in [0.2, 0.25) is 11.6 Å². The second kappa shape index (κ2) is 7.71. The lowest BCUT2D eigenvalue weighted by molar-refractivity contribution is 0.0953. The summed E-state index contributed by atoms with van der Waals surface area (Å²) in [6, 6.07) is 5.05. The molecule has 1 aromatic carbocycles. The van der Waals surface area contributed by atoms with Gasteiger partial charge in [0.25, 0.3) is 17.8 Å². The normalized spacial score (nSPS) is 10.5. The number of anilines is 1. The molecule has 0 aliphatic rings. The molecule has 2 aromatic rings. The number of nitrogens with zero attached hydrogens (tertiary/aromatic N) is 1. The maximum atomic E-state index is 13.3. The van der Waals surface area contributed by atoms with Crippen molar-refractivity contribution >= 4 is 11.6 Å². The Morgan fingerprint density at radius 1 is 1.00 bits per heavy atom. The molecular weight excluding hydrogens is 333 g/mol. The van der Waals surface area contributed by atoms with Gasteiger partial charge in [0, 0.05) is 18.7 Å². The molecule has 24 heavy (non-hydrogen) atoms. The van der Waals surface area contributed by atoms with E-state index in [0.717, 1.165) is 6.07 Å². The lowest BCUT2D eigenvalue weighted by Gasteiger charge is -2.10. The minimum Gasteiger partial charge on any atom is -0.380 e. The topological polar surface area (TPSA) is 54.0 Å². The maximum absolute atomic E-state index is 13.3. The molecule has 0 saturated carbocycles. The molecule has 0 bridgehead atoms. The van der Waals surface area contributed by atoms with E-state index in [4.69, 9.17) is 0 Å². The highest BCUT2D eigenvalue weighted by atomic mass is 19.2. The van der Waals surface area contributed by atoms with E-state index in [2.05, 4.69) is 15.6 Å². The number of hydrogen-bond donors (Lipinski definition) is 2. The first-order valence-corrected chi connectivity index (χ1v) is 6.87. The third-order valence-corrected chi connectivity index (χ3v) is 3.03. The van der Waals surface area contributed by atoms with E-state index < -0.39 is 40.9 Å². The van der Waals surface area contributed by atoms with Crippen LogP contribution in [-0.2, 0) is 0 Å². The number of halogens is 5. The number of carbonyl (C=O) groups is 1. The van der Waals surface area contributed by atoms with E-state index in [-0.39, 0.29) is 25.1 Å². The molecule has 0 saturated heterocycles. The van der Waals surface area contributed by atoms with Crippen LogP contribution >= 0.6 is 0 Å². The van der Waals surface area contributed by atoms with Gasteiger partial charge in [-0.3, -0.25) is 4.79 Å². The predicted molar refractivity (Wildman–Crippen MR) is 75.9 cm³/mol. The molecule has 128 valence electrons. The average molecular weight is 345 g/mol. The van der Waals surface area contributed by atoms with E-state index in [1.165, 1.54) is 18.2 Å². The van der Waals surface area contributed by atoms with Crippen LogP contribution in [0.25, 0.3) is 0 Å². The summed E-state index contributed by atoms with van der Waals surface area (Å²) in [5.41, 5.74) is -0.838. The molecule has 0 radical (unpaired) electrons. The number of benzene rings is 1. The first-order valence-electron chi connectivity index (χ1n) is 6.87. The van der Waals surface area contributed by atoms with E-state index in [9.17, 15) is 26.7 Å². The first-order chi connectivity index (χ1) is 11.4. The number of aromatic nitrogens is 1. The van der Waals surface area contributed by atoms with Crippen LogP contribution in [0.4, 0.5) is 27.6 Å². The van der Waals surface area contributed by atoms with Gasteiger partial charge in [-0.1, -0.05) is 6.07 Å². The van der Waals surface area contributed by atoms with Crippen molar-refractivity contribution in [2.75, 3.05) is 18.4 Å². The maximum Gasteiger partial charge on any atom is 0.253 e. The molecule has 1 aromatic heterocycles. The molecule has 2 rings (SSSR count). The van der Waals surface area contributed by atoms with Gasteiger partial charge in [-0.05, 0) is 24.6 Å². The van der Waals surface area contributed by atoms with Crippen molar-refractivity contribution in [1.29, 1.82) is 0 Å². The number of hydrogen-bond acceptors (Lipinski definition) is 3. The van der Waals surface area contributed by atoms with Crippen molar-refractivity contribution in [3.05, 3.63) is 59.2 Å². The summed E-state index contributed by atoms with van der Waals surface area (Å²) in [4.78, 5) is 14.1. The number of rotatable bonds is 6. The Morgan fingerprint density at radius 2 is 1.67 bits per heavy atom. The van der Waals surface area contributed by atoms with E-state index in [1.807, 2.05) is 0 Å². The fourth-order valence-electron chi connectivity index (χ4n) is 1.88. The van der Waals surface area contributed by atoms with Gasteiger partial charge in [-0.15, -0.1) is 0 Å². The van der Waals surface area contributed by atoms with Crippen molar-refractivity contribution in [1.82, 2.24) is 10.3 Å². The third-order valence-electron chi connectivity index (χ3n) is 3.03. The van der Waals surface area contributed by atoms with Crippen molar-refractivity contribution < 1.29 is 26.7 Å². The molecule has 0 aliphatic carbocycles. The number of amides is 1. The Labute approximate surface area is 133 Å². The van der Waals surface area contributed by atoms with Gasteiger partial charge in [0.1, 0.15) is 11.5 Å². The summed E-state index contributed by atoms with van der Waals surface area (Å²) in [7, 11) is 0. The van der Waals surface area contributed by atoms with Crippen molar-refractivity contribution in [2.45, 2.75) is 6.42 Å². The predicted octanol–water partition coefficient (Wildman–Crippen LogP) is 3.01. The Bertz CT molecular complexity index is 728. The molecule has 1 heterocycles. The van der Waals surface area contributed by atoms with Crippen LogP contribution in [0.15, 0.2) is 24.3 Å².